The highest BCUT2D eigenvalue weighted by molar-refractivity contribution is 7.11. The van der Waals surface area contributed by atoms with Crippen LogP contribution in [0.15, 0.2) is 0 Å². The van der Waals surface area contributed by atoms with Crippen LogP contribution in [-0.2, 0) is 0 Å². The summed E-state index contributed by atoms with van der Waals surface area (Å²) in [5.74, 6) is 1.43. The van der Waals surface area contributed by atoms with Crippen molar-refractivity contribution in [1.82, 2.24) is 4.37 Å². The van der Waals surface area contributed by atoms with Gasteiger partial charge in [-0.2, -0.15) is 4.37 Å². The van der Waals surface area contributed by atoms with Crippen LogP contribution in [0.5, 0.6) is 0 Å². The maximum absolute atomic E-state index is 11.5. The number of nitrogens with two attached hydrogens (primary N) is 2. The highest BCUT2D eigenvalue weighted by atomic mass is 32.1. The number of piperidine rings is 1. The van der Waals surface area contributed by atoms with E-state index < -0.39 is 5.91 Å². The van der Waals surface area contributed by atoms with Crippen LogP contribution < -0.4 is 16.4 Å². The summed E-state index contributed by atoms with van der Waals surface area (Å²) in [5, 5.41) is 0.869. The van der Waals surface area contributed by atoms with Crippen molar-refractivity contribution in [2.75, 3.05) is 23.7 Å². The molecule has 5 nitrogen and oxygen atoms in total. The summed E-state index contributed by atoms with van der Waals surface area (Å²) in [5.41, 5.74) is 11.6. The zero-order valence-electron chi connectivity index (χ0n) is 11.0. The number of anilines is 2. The number of fused-ring (bicyclic) bond motifs is 1. The monoisotopic (exact) mass is 280 g/mol. The quantitative estimate of drug-likeness (QED) is 0.865. The van der Waals surface area contributed by atoms with E-state index in [4.69, 9.17) is 11.5 Å². The number of aromatic nitrogens is 1. The number of hydrogen-bond donors (Lipinski definition) is 2. The molecule has 0 bridgehead atoms. The number of carbonyl (C=O) groups is 1. The van der Waals surface area contributed by atoms with Crippen LogP contribution in [0.2, 0.25) is 0 Å². The van der Waals surface area contributed by atoms with Gasteiger partial charge in [0.05, 0.1) is 0 Å². The third-order valence-corrected chi connectivity index (χ3v) is 5.45. The number of amides is 1. The number of hydrogen-bond acceptors (Lipinski definition) is 5. The zero-order valence-corrected chi connectivity index (χ0v) is 11.8. The Kier molecular flexibility index (Phi) is 3.35. The highest BCUT2D eigenvalue weighted by Gasteiger charge is 2.33. The first-order valence-electron chi connectivity index (χ1n) is 6.96. The maximum atomic E-state index is 11.5. The van der Waals surface area contributed by atoms with E-state index in [-0.39, 0.29) is 5.82 Å². The molecule has 4 N–H and O–H groups in total. The number of carbonyl (C=O) groups excluding carboxylic acids is 1. The highest BCUT2D eigenvalue weighted by Crippen LogP contribution is 2.40. The van der Waals surface area contributed by atoms with Crippen molar-refractivity contribution in [3.05, 3.63) is 5.56 Å². The Balaban J connectivity index is 1.81. The van der Waals surface area contributed by atoms with E-state index in [1.165, 1.54) is 43.6 Å². The lowest BCUT2D eigenvalue weighted by molar-refractivity contribution is 0.100. The Bertz CT molecular complexity index is 487. The van der Waals surface area contributed by atoms with Crippen molar-refractivity contribution < 1.29 is 4.79 Å². The number of rotatable bonds is 2. The van der Waals surface area contributed by atoms with Gasteiger partial charge in [0.15, 0.2) is 5.82 Å². The molecule has 1 aliphatic carbocycles. The summed E-state index contributed by atoms with van der Waals surface area (Å²) < 4.78 is 4.09. The summed E-state index contributed by atoms with van der Waals surface area (Å²) in [4.78, 5) is 13.8. The second kappa shape index (κ2) is 5.00. The third-order valence-electron chi connectivity index (χ3n) is 4.53. The van der Waals surface area contributed by atoms with Crippen LogP contribution in [-0.4, -0.2) is 23.4 Å². The first-order chi connectivity index (χ1) is 9.16. The molecule has 1 aromatic heterocycles. The molecule has 104 valence electrons. The number of nitrogens with zero attached hydrogens (tertiary/aromatic N) is 2. The molecule has 2 heterocycles. The molecular formula is C13H20N4OS. The van der Waals surface area contributed by atoms with E-state index in [1.54, 1.807) is 0 Å². The van der Waals surface area contributed by atoms with E-state index >= 15 is 0 Å². The van der Waals surface area contributed by atoms with E-state index in [2.05, 4.69) is 9.27 Å². The van der Waals surface area contributed by atoms with E-state index in [1.807, 2.05) is 0 Å². The van der Waals surface area contributed by atoms with E-state index in [9.17, 15) is 4.79 Å². The van der Waals surface area contributed by atoms with Crippen molar-refractivity contribution in [3.63, 3.8) is 0 Å². The Morgan fingerprint density at radius 2 is 2.00 bits per heavy atom. The van der Waals surface area contributed by atoms with Gasteiger partial charge >= 0.3 is 0 Å². The largest absolute Gasteiger partial charge is 0.382 e. The van der Waals surface area contributed by atoms with Crippen LogP contribution in [0.3, 0.4) is 0 Å². The lowest BCUT2D eigenvalue weighted by atomic mass is 9.75. The molecule has 1 saturated heterocycles. The van der Waals surface area contributed by atoms with Crippen molar-refractivity contribution in [2.45, 2.75) is 32.1 Å². The molecule has 2 unspecified atom stereocenters. The predicted molar refractivity (Wildman–Crippen MR) is 77.3 cm³/mol. The van der Waals surface area contributed by atoms with Crippen LogP contribution in [0, 0.1) is 11.8 Å². The summed E-state index contributed by atoms with van der Waals surface area (Å²) >= 11 is 1.30. The molecule has 1 saturated carbocycles. The molecule has 2 aliphatic rings. The SMILES string of the molecule is NC(=O)c1c(N)nsc1N1CCC2CCCCC2C1. The molecule has 1 aromatic rings. The van der Waals surface area contributed by atoms with Gasteiger partial charge in [-0.05, 0) is 36.2 Å². The molecule has 6 heteroatoms. The molecule has 0 radical (unpaired) electrons. The topological polar surface area (TPSA) is 85.2 Å². The Morgan fingerprint density at radius 1 is 1.26 bits per heavy atom. The smallest absolute Gasteiger partial charge is 0.255 e. The van der Waals surface area contributed by atoms with Gasteiger partial charge in [-0.25, -0.2) is 0 Å². The fourth-order valence-corrected chi connectivity index (χ4v) is 4.38. The Hall–Kier alpha value is -1.30. The molecular weight excluding hydrogens is 260 g/mol. The van der Waals surface area contributed by atoms with Gasteiger partial charge < -0.3 is 16.4 Å². The summed E-state index contributed by atoms with van der Waals surface area (Å²) in [6.07, 6.45) is 6.60. The normalized spacial score (nSPS) is 27.1. The molecule has 1 amide bonds. The lowest BCUT2D eigenvalue weighted by Gasteiger charge is -2.41. The van der Waals surface area contributed by atoms with Crippen LogP contribution in [0.1, 0.15) is 42.5 Å². The van der Waals surface area contributed by atoms with Crippen molar-refractivity contribution in [2.24, 2.45) is 17.6 Å². The van der Waals surface area contributed by atoms with Gasteiger partial charge in [0, 0.05) is 13.1 Å². The van der Waals surface area contributed by atoms with Crippen LogP contribution in [0.4, 0.5) is 10.8 Å². The summed E-state index contributed by atoms with van der Waals surface area (Å²) in [7, 11) is 0. The van der Waals surface area contributed by atoms with Crippen molar-refractivity contribution in [3.8, 4) is 0 Å². The van der Waals surface area contributed by atoms with Crippen LogP contribution >= 0.6 is 11.5 Å². The fraction of sp³-hybridized carbons (Fsp3) is 0.692. The Morgan fingerprint density at radius 3 is 2.74 bits per heavy atom. The average Bonchev–Trinajstić information content (AvgIpc) is 2.80. The summed E-state index contributed by atoms with van der Waals surface area (Å²) in [6, 6.07) is 0. The molecule has 0 aromatic carbocycles. The molecule has 2 atom stereocenters. The van der Waals surface area contributed by atoms with Gasteiger partial charge in [0.2, 0.25) is 0 Å². The molecule has 2 fully saturated rings. The minimum absolute atomic E-state index is 0.276. The molecule has 0 spiro atoms. The molecule has 3 rings (SSSR count). The summed E-state index contributed by atoms with van der Waals surface area (Å²) in [6.45, 7) is 2.01. The van der Waals surface area contributed by atoms with Crippen molar-refractivity contribution in [1.29, 1.82) is 0 Å². The zero-order chi connectivity index (χ0) is 13.4. The third kappa shape index (κ3) is 2.29. The predicted octanol–water partition coefficient (Wildman–Crippen LogP) is 1.84. The van der Waals surface area contributed by atoms with Gasteiger partial charge in [-0.1, -0.05) is 19.3 Å². The molecule has 1 aliphatic heterocycles. The number of primary amides is 1. The fourth-order valence-electron chi connectivity index (χ4n) is 3.53. The van der Waals surface area contributed by atoms with Gasteiger partial charge in [0.25, 0.3) is 5.91 Å². The van der Waals surface area contributed by atoms with Gasteiger partial charge in [-0.3, -0.25) is 4.79 Å². The number of nitrogen functional groups attached to an aromatic ring is 1. The second-order valence-corrected chi connectivity index (χ2v) is 6.40. The van der Waals surface area contributed by atoms with Gasteiger partial charge in [0.1, 0.15) is 10.6 Å². The van der Waals surface area contributed by atoms with Crippen molar-refractivity contribution >= 4 is 28.3 Å². The lowest BCUT2D eigenvalue weighted by Crippen LogP contribution is -2.42. The van der Waals surface area contributed by atoms with Gasteiger partial charge in [-0.15, -0.1) is 0 Å². The first kappa shape index (κ1) is 12.7. The maximum Gasteiger partial charge on any atom is 0.255 e. The minimum Gasteiger partial charge on any atom is -0.382 e. The first-order valence-corrected chi connectivity index (χ1v) is 7.74. The standard InChI is InChI=1S/C13H20N4OS/c14-11-10(12(15)18)13(19-16-11)17-6-5-8-3-1-2-4-9(8)7-17/h8-9H,1-7H2,(H2,14,16)(H2,15,18). The average molecular weight is 280 g/mol. The second-order valence-electron chi connectivity index (χ2n) is 5.65. The van der Waals surface area contributed by atoms with E-state index in [0.717, 1.165) is 29.9 Å². The van der Waals surface area contributed by atoms with E-state index in [0.29, 0.717) is 5.56 Å². The molecule has 19 heavy (non-hydrogen) atoms. The Labute approximate surface area is 117 Å². The van der Waals surface area contributed by atoms with Crippen LogP contribution in [0.25, 0.3) is 0 Å². The minimum atomic E-state index is -0.466.